The molecule has 10 nitrogen and oxygen atoms in total. The Morgan fingerprint density at radius 1 is 0.636 bits per heavy atom. The van der Waals surface area contributed by atoms with Crippen LogP contribution in [0.5, 0.6) is 0 Å². The molecule has 0 radical (unpaired) electrons. The highest BCUT2D eigenvalue weighted by Gasteiger charge is 2.21. The Labute approximate surface area is 196 Å². The number of hydrogen-bond donors (Lipinski definition) is 0. The third-order valence-electron chi connectivity index (χ3n) is 4.22. The molecule has 0 aromatic carbocycles. The van der Waals surface area contributed by atoms with E-state index in [1.54, 1.807) is 6.92 Å². The summed E-state index contributed by atoms with van der Waals surface area (Å²) in [6.07, 6.45) is 13.4. The van der Waals surface area contributed by atoms with Crippen LogP contribution in [0.15, 0.2) is 46.6 Å². The number of phosphoric acid groups is 3. The zero-order chi connectivity index (χ0) is 25.7. The molecule has 13 heteroatoms. The van der Waals surface area contributed by atoms with Gasteiger partial charge in [-0.05, 0) is 73.1 Å². The first kappa shape index (κ1) is 32.4. The van der Waals surface area contributed by atoms with Crippen LogP contribution in [0.2, 0.25) is 0 Å². The fourth-order valence-electron chi connectivity index (χ4n) is 2.54. The van der Waals surface area contributed by atoms with Crippen molar-refractivity contribution >= 4 is 23.5 Å². The normalized spacial score (nSPS) is 17.4. The maximum absolute atomic E-state index is 11.4. The topological polar surface area (TPSA) is 171 Å². The highest BCUT2D eigenvalue weighted by atomic mass is 31.3. The molecule has 0 bridgehead atoms. The van der Waals surface area contributed by atoms with Gasteiger partial charge >= 0.3 is 0 Å². The maximum Gasteiger partial charge on any atom is 0.278 e. The van der Waals surface area contributed by atoms with Crippen molar-refractivity contribution < 1.29 is 46.4 Å². The molecule has 0 amide bonds. The Hall–Kier alpha value is -0.630. The second kappa shape index (κ2) is 15.4. The Morgan fingerprint density at radius 3 is 1.48 bits per heavy atom. The number of rotatable bonds is 16. The smallest absolute Gasteiger partial charge is 0.278 e. The Kier molecular flexibility index (Phi) is 15.1. The molecule has 0 aliphatic rings. The summed E-state index contributed by atoms with van der Waals surface area (Å²) in [4.78, 5) is 43.1. The minimum absolute atomic E-state index is 0.529. The fourth-order valence-corrected chi connectivity index (χ4v) is 5.33. The Bertz CT molecular complexity index is 879. The van der Waals surface area contributed by atoms with Crippen molar-refractivity contribution in [1.82, 2.24) is 0 Å². The summed E-state index contributed by atoms with van der Waals surface area (Å²) in [5.74, 6) is 0. The lowest BCUT2D eigenvalue weighted by molar-refractivity contribution is -0.339. The van der Waals surface area contributed by atoms with Gasteiger partial charge in [0.2, 0.25) is 0 Å². The van der Waals surface area contributed by atoms with Gasteiger partial charge in [-0.25, -0.2) is 4.31 Å². The molecule has 0 spiro atoms. The minimum atomic E-state index is -6.00. The van der Waals surface area contributed by atoms with Crippen molar-refractivity contribution in [1.29, 1.82) is 0 Å². The van der Waals surface area contributed by atoms with Gasteiger partial charge in [-0.2, -0.15) is 0 Å². The van der Waals surface area contributed by atoms with Crippen LogP contribution in [0, 0.1) is 0 Å². The zero-order valence-electron chi connectivity index (χ0n) is 19.7. The van der Waals surface area contributed by atoms with Crippen molar-refractivity contribution in [2.45, 2.75) is 73.1 Å². The molecule has 2 unspecified atom stereocenters. The lowest BCUT2D eigenvalue weighted by Gasteiger charge is -2.37. The van der Waals surface area contributed by atoms with Crippen LogP contribution in [-0.2, 0) is 26.8 Å². The molecular weight excluding hydrogens is 493 g/mol. The molecule has 0 heterocycles. The van der Waals surface area contributed by atoms with Crippen LogP contribution in [0.25, 0.3) is 0 Å². The molecule has 0 aliphatic heterocycles. The van der Waals surface area contributed by atoms with Crippen LogP contribution in [-0.4, -0.2) is 6.61 Å². The molecule has 0 saturated carbocycles. The zero-order valence-corrected chi connectivity index (χ0v) is 22.4. The van der Waals surface area contributed by atoms with Gasteiger partial charge in [0.1, 0.15) is 0 Å². The van der Waals surface area contributed by atoms with E-state index >= 15 is 0 Å². The van der Waals surface area contributed by atoms with Crippen LogP contribution in [0.3, 0.4) is 0 Å². The van der Waals surface area contributed by atoms with Gasteiger partial charge in [0, 0.05) is 0 Å². The number of hydrogen-bond acceptors (Lipinski definition) is 10. The van der Waals surface area contributed by atoms with Gasteiger partial charge in [0.25, 0.3) is 15.6 Å². The van der Waals surface area contributed by atoms with Crippen LogP contribution in [0.4, 0.5) is 0 Å². The number of phosphoric ester groups is 1. The van der Waals surface area contributed by atoms with Gasteiger partial charge in [0.05, 0.1) is 14.4 Å². The van der Waals surface area contributed by atoms with Gasteiger partial charge in [0.15, 0.2) is 0 Å². The predicted octanol–water partition coefficient (Wildman–Crippen LogP) is 3.95. The second-order valence-corrected chi connectivity index (χ2v) is 12.1. The molecule has 33 heavy (non-hydrogen) atoms. The van der Waals surface area contributed by atoms with Crippen molar-refractivity contribution in [3.8, 4) is 0 Å². The van der Waals surface area contributed by atoms with Crippen molar-refractivity contribution in [3.05, 3.63) is 46.6 Å². The predicted molar refractivity (Wildman–Crippen MR) is 119 cm³/mol. The van der Waals surface area contributed by atoms with E-state index in [1.165, 1.54) is 22.8 Å². The van der Waals surface area contributed by atoms with Gasteiger partial charge in [-0.15, -0.1) is 0 Å². The first-order valence-corrected chi connectivity index (χ1v) is 14.7. The molecule has 0 N–H and O–H groups in total. The van der Waals surface area contributed by atoms with E-state index in [9.17, 15) is 33.3 Å². The highest BCUT2D eigenvalue weighted by molar-refractivity contribution is 7.64. The van der Waals surface area contributed by atoms with E-state index in [4.69, 9.17) is 0 Å². The van der Waals surface area contributed by atoms with Gasteiger partial charge in [-0.3, -0.25) is 13.4 Å². The van der Waals surface area contributed by atoms with E-state index in [1.807, 2.05) is 6.92 Å². The van der Waals surface area contributed by atoms with Crippen molar-refractivity contribution in [2.75, 3.05) is 6.61 Å². The third kappa shape index (κ3) is 20.5. The van der Waals surface area contributed by atoms with Crippen LogP contribution >= 0.6 is 23.5 Å². The van der Waals surface area contributed by atoms with E-state index < -0.39 is 30.1 Å². The first-order chi connectivity index (χ1) is 15.0. The van der Waals surface area contributed by atoms with Crippen LogP contribution < -0.4 is 19.6 Å². The van der Waals surface area contributed by atoms with E-state index in [2.05, 4.69) is 52.1 Å². The average molecular weight is 526 g/mol. The lowest BCUT2D eigenvalue weighted by Crippen LogP contribution is -2.20. The summed E-state index contributed by atoms with van der Waals surface area (Å²) >= 11 is 0. The Balaban J connectivity index is 4.38. The van der Waals surface area contributed by atoms with E-state index in [-0.39, 0.29) is 0 Å². The van der Waals surface area contributed by atoms with E-state index in [0.717, 1.165) is 37.7 Å². The summed E-state index contributed by atoms with van der Waals surface area (Å²) in [7, 11) is -17.4. The molecule has 0 saturated heterocycles. The maximum atomic E-state index is 11.4. The molecule has 0 aromatic rings. The third-order valence-corrected chi connectivity index (χ3v) is 7.88. The highest BCUT2D eigenvalue weighted by Crippen LogP contribution is 2.60. The SMILES string of the molecule is CC(C)=CCC/C(C)=C/CC/C(C)=C/CC/C(C)=C/COP(=O)([O-])OP(=O)([O-])OP(=O)([O-])[O-]. The van der Waals surface area contributed by atoms with Crippen molar-refractivity contribution in [2.24, 2.45) is 0 Å². The second-order valence-electron chi connectivity index (χ2n) is 7.85. The summed E-state index contributed by atoms with van der Waals surface area (Å²) < 4.78 is 43.7. The lowest BCUT2D eigenvalue weighted by atomic mass is 10.0. The summed E-state index contributed by atoms with van der Waals surface area (Å²) in [5, 5.41) is 0. The largest absolute Gasteiger partial charge is 0.790 e. The molecule has 192 valence electrons. The summed E-state index contributed by atoms with van der Waals surface area (Å²) in [5.41, 5.74) is 4.72. The van der Waals surface area contributed by atoms with Gasteiger partial charge < -0.3 is 28.7 Å². The summed E-state index contributed by atoms with van der Waals surface area (Å²) in [6, 6.07) is 0. The van der Waals surface area contributed by atoms with Crippen LogP contribution in [0.1, 0.15) is 73.1 Å². The standard InChI is InChI=1S/C20H37O10P3/c1-17(2)9-6-10-18(3)11-7-12-19(4)13-8-14-20(5)15-16-28-32(24,25)30-33(26,27)29-31(21,22)23/h9,11,13,15H,6-8,10,12,14,16H2,1-5H3,(H,24,25)(H,26,27)(H2,21,22,23)/p-4/b18-11+,19-13+,20-15+. The molecule has 0 aromatic heterocycles. The molecular formula is C20H33O10P3-4. The summed E-state index contributed by atoms with van der Waals surface area (Å²) in [6.45, 7) is 9.57. The van der Waals surface area contributed by atoms with Gasteiger partial charge in [-0.1, -0.05) is 46.6 Å². The van der Waals surface area contributed by atoms with Crippen molar-refractivity contribution in [3.63, 3.8) is 0 Å². The Morgan fingerprint density at radius 2 is 1.06 bits per heavy atom. The monoisotopic (exact) mass is 526 g/mol. The first-order valence-electron chi connectivity index (χ1n) is 10.3. The number of allylic oxidation sites excluding steroid dienone is 7. The quantitative estimate of drug-likeness (QED) is 0.212. The molecule has 0 aliphatic carbocycles. The minimum Gasteiger partial charge on any atom is -0.790 e. The molecule has 0 rings (SSSR count). The molecule has 0 fully saturated rings. The fraction of sp³-hybridized carbons (Fsp3) is 0.600. The van der Waals surface area contributed by atoms with E-state index in [0.29, 0.717) is 6.42 Å². The molecule has 2 atom stereocenters. The average Bonchev–Trinajstić information content (AvgIpc) is 2.57.